The number of ether oxygens (including phenoxy) is 1. The molecule has 0 bridgehead atoms. The van der Waals surface area contributed by atoms with Gasteiger partial charge in [0.05, 0.1) is 6.61 Å². The molecule has 0 spiro atoms. The second-order valence-corrected chi connectivity index (χ2v) is 3.38. The third-order valence-corrected chi connectivity index (χ3v) is 2.09. The average molecular weight is 171 g/mol. The van der Waals surface area contributed by atoms with Gasteiger partial charge < -0.3 is 14.4 Å². The Bertz CT molecular complexity index is 130. The molecule has 0 aromatic carbocycles. The van der Waals surface area contributed by atoms with E-state index in [2.05, 4.69) is 4.90 Å². The first kappa shape index (κ1) is 9.68. The van der Waals surface area contributed by atoms with Crippen LogP contribution in [0.4, 0.5) is 0 Å². The van der Waals surface area contributed by atoms with Crippen molar-refractivity contribution in [1.82, 2.24) is 4.90 Å². The van der Waals surface area contributed by atoms with Gasteiger partial charge in [0.1, 0.15) is 6.29 Å². The summed E-state index contributed by atoms with van der Waals surface area (Å²) in [5.74, 6) is 0.156. The number of nitrogens with zero attached hydrogens (tertiary/aromatic N) is 1. The van der Waals surface area contributed by atoms with Crippen molar-refractivity contribution in [2.75, 3.05) is 32.8 Å². The molecule has 1 atom stereocenters. The number of hydrogen-bond donors (Lipinski definition) is 0. The minimum absolute atomic E-state index is 0.156. The van der Waals surface area contributed by atoms with E-state index in [-0.39, 0.29) is 5.92 Å². The second-order valence-electron chi connectivity index (χ2n) is 3.38. The quantitative estimate of drug-likeness (QED) is 0.581. The van der Waals surface area contributed by atoms with Crippen LogP contribution in [0.1, 0.15) is 13.3 Å². The highest BCUT2D eigenvalue weighted by Gasteiger charge is 2.11. The van der Waals surface area contributed by atoms with E-state index in [4.69, 9.17) is 4.74 Å². The zero-order chi connectivity index (χ0) is 8.81. The van der Waals surface area contributed by atoms with Gasteiger partial charge in [0, 0.05) is 32.2 Å². The van der Waals surface area contributed by atoms with Gasteiger partial charge >= 0.3 is 0 Å². The lowest BCUT2D eigenvalue weighted by Crippen LogP contribution is -2.31. The first-order valence-electron chi connectivity index (χ1n) is 4.58. The van der Waals surface area contributed by atoms with Crippen LogP contribution in [0.2, 0.25) is 0 Å². The molecule has 0 aromatic heterocycles. The zero-order valence-corrected chi connectivity index (χ0v) is 7.66. The molecule has 1 heterocycles. The first-order valence-corrected chi connectivity index (χ1v) is 4.58. The molecule has 1 aliphatic rings. The fourth-order valence-corrected chi connectivity index (χ4v) is 1.43. The van der Waals surface area contributed by atoms with Gasteiger partial charge in [-0.15, -0.1) is 0 Å². The number of rotatable bonds is 3. The van der Waals surface area contributed by atoms with Crippen molar-refractivity contribution in [3.8, 4) is 0 Å². The highest BCUT2D eigenvalue weighted by Crippen LogP contribution is 2.02. The second kappa shape index (κ2) is 5.27. The molecule has 0 N–H and O–H groups in total. The first-order chi connectivity index (χ1) is 5.83. The molecule has 0 aromatic rings. The Morgan fingerprint density at radius 1 is 1.50 bits per heavy atom. The topological polar surface area (TPSA) is 29.5 Å². The monoisotopic (exact) mass is 171 g/mol. The van der Waals surface area contributed by atoms with Crippen molar-refractivity contribution in [2.45, 2.75) is 13.3 Å². The van der Waals surface area contributed by atoms with Crippen LogP contribution >= 0.6 is 0 Å². The highest BCUT2D eigenvalue weighted by atomic mass is 16.5. The molecule has 3 nitrogen and oxygen atoms in total. The van der Waals surface area contributed by atoms with Gasteiger partial charge in [-0.2, -0.15) is 0 Å². The van der Waals surface area contributed by atoms with Crippen LogP contribution < -0.4 is 0 Å². The van der Waals surface area contributed by atoms with Crippen LogP contribution in [0.25, 0.3) is 0 Å². The molecule has 1 fully saturated rings. The smallest absolute Gasteiger partial charge is 0.124 e. The zero-order valence-electron chi connectivity index (χ0n) is 7.66. The van der Waals surface area contributed by atoms with Crippen molar-refractivity contribution in [3.63, 3.8) is 0 Å². The number of aldehydes is 1. The largest absolute Gasteiger partial charge is 0.380 e. The summed E-state index contributed by atoms with van der Waals surface area (Å²) in [6.45, 7) is 6.56. The van der Waals surface area contributed by atoms with E-state index >= 15 is 0 Å². The van der Waals surface area contributed by atoms with Gasteiger partial charge in [-0.05, 0) is 6.42 Å². The molecule has 12 heavy (non-hydrogen) atoms. The number of carbonyl (C=O) groups excluding carboxylic acids is 1. The fourth-order valence-electron chi connectivity index (χ4n) is 1.43. The fraction of sp³-hybridized carbons (Fsp3) is 0.889. The summed E-state index contributed by atoms with van der Waals surface area (Å²) < 4.78 is 5.31. The molecule has 0 amide bonds. The Morgan fingerprint density at radius 2 is 2.33 bits per heavy atom. The summed E-state index contributed by atoms with van der Waals surface area (Å²) in [6, 6.07) is 0. The lowest BCUT2D eigenvalue weighted by Gasteiger charge is -2.20. The van der Waals surface area contributed by atoms with E-state index < -0.39 is 0 Å². The third-order valence-electron chi connectivity index (χ3n) is 2.09. The lowest BCUT2D eigenvalue weighted by molar-refractivity contribution is -0.111. The molecule has 0 radical (unpaired) electrons. The summed E-state index contributed by atoms with van der Waals surface area (Å²) in [6.07, 6.45) is 2.11. The standard InChI is InChI=1S/C9H17NO2/c1-9(8-11)7-10-3-2-5-12-6-4-10/h8-9H,2-7H2,1H3. The minimum Gasteiger partial charge on any atom is -0.380 e. The molecule has 1 aliphatic heterocycles. The lowest BCUT2D eigenvalue weighted by atomic mass is 10.2. The minimum atomic E-state index is 0.156. The molecule has 3 heteroatoms. The maximum atomic E-state index is 10.4. The number of hydrogen-bond acceptors (Lipinski definition) is 3. The SMILES string of the molecule is CC(C=O)CN1CCCOCC1. The number of carbonyl (C=O) groups is 1. The maximum absolute atomic E-state index is 10.4. The Labute approximate surface area is 73.7 Å². The summed E-state index contributed by atoms with van der Waals surface area (Å²) in [4.78, 5) is 12.7. The maximum Gasteiger partial charge on any atom is 0.124 e. The molecule has 0 saturated carbocycles. The van der Waals surface area contributed by atoms with Crippen LogP contribution in [0, 0.1) is 5.92 Å². The predicted molar refractivity (Wildman–Crippen MR) is 47.1 cm³/mol. The highest BCUT2D eigenvalue weighted by molar-refractivity contribution is 5.52. The van der Waals surface area contributed by atoms with Gasteiger partial charge in [-0.25, -0.2) is 0 Å². The van der Waals surface area contributed by atoms with Gasteiger partial charge in [-0.1, -0.05) is 6.92 Å². The molecule has 1 unspecified atom stereocenters. The molecule has 70 valence electrons. The Balaban J connectivity index is 2.24. The molecule has 1 rings (SSSR count). The van der Waals surface area contributed by atoms with Crippen molar-refractivity contribution < 1.29 is 9.53 Å². The van der Waals surface area contributed by atoms with Gasteiger partial charge in [0.25, 0.3) is 0 Å². The third kappa shape index (κ3) is 3.32. The van der Waals surface area contributed by atoms with Crippen LogP contribution in [0.3, 0.4) is 0 Å². The van der Waals surface area contributed by atoms with E-state index in [0.29, 0.717) is 0 Å². The summed E-state index contributed by atoms with van der Waals surface area (Å²) in [5.41, 5.74) is 0. The summed E-state index contributed by atoms with van der Waals surface area (Å²) in [5, 5.41) is 0. The van der Waals surface area contributed by atoms with E-state index in [9.17, 15) is 4.79 Å². The van der Waals surface area contributed by atoms with Crippen LogP contribution in [-0.4, -0.2) is 44.0 Å². The van der Waals surface area contributed by atoms with Crippen LogP contribution in [-0.2, 0) is 9.53 Å². The van der Waals surface area contributed by atoms with Gasteiger partial charge in [0.15, 0.2) is 0 Å². The summed E-state index contributed by atoms with van der Waals surface area (Å²) >= 11 is 0. The molecule has 0 aliphatic carbocycles. The van der Waals surface area contributed by atoms with E-state index in [1.165, 1.54) is 0 Å². The van der Waals surface area contributed by atoms with E-state index in [0.717, 1.165) is 45.6 Å². The molecular formula is C9H17NO2. The average Bonchev–Trinajstić information content (AvgIpc) is 2.33. The van der Waals surface area contributed by atoms with E-state index in [1.54, 1.807) is 0 Å². The normalized spacial score (nSPS) is 23.1. The van der Waals surface area contributed by atoms with Gasteiger partial charge in [0.2, 0.25) is 0 Å². The van der Waals surface area contributed by atoms with Crippen LogP contribution in [0.5, 0.6) is 0 Å². The van der Waals surface area contributed by atoms with Gasteiger partial charge in [-0.3, -0.25) is 0 Å². The molecular weight excluding hydrogens is 154 g/mol. The van der Waals surface area contributed by atoms with Crippen molar-refractivity contribution in [1.29, 1.82) is 0 Å². The van der Waals surface area contributed by atoms with Crippen molar-refractivity contribution in [3.05, 3.63) is 0 Å². The predicted octanol–water partition coefficient (Wildman–Crippen LogP) is 0.544. The van der Waals surface area contributed by atoms with Crippen LogP contribution in [0.15, 0.2) is 0 Å². The van der Waals surface area contributed by atoms with E-state index in [1.807, 2.05) is 6.92 Å². The molecule has 1 saturated heterocycles. The van der Waals surface area contributed by atoms with Crippen molar-refractivity contribution >= 4 is 6.29 Å². The summed E-state index contributed by atoms with van der Waals surface area (Å²) in [7, 11) is 0. The Morgan fingerprint density at radius 3 is 3.08 bits per heavy atom. The van der Waals surface area contributed by atoms with Crippen molar-refractivity contribution in [2.24, 2.45) is 5.92 Å². The Hall–Kier alpha value is -0.410. The Kier molecular flexibility index (Phi) is 4.25.